The van der Waals surface area contributed by atoms with Crippen molar-refractivity contribution >= 4 is 16.6 Å². The van der Waals surface area contributed by atoms with E-state index < -0.39 is 6.10 Å². The molecular weight excluding hydrogens is 709 g/mol. The first-order chi connectivity index (χ1) is 27.0. The van der Waals surface area contributed by atoms with Crippen molar-refractivity contribution in [2.24, 2.45) is 17.8 Å². The highest BCUT2D eigenvalue weighted by Crippen LogP contribution is 2.49. The Morgan fingerprint density at radius 3 is 1.84 bits per heavy atom. The average molecular weight is 785 g/mol. The monoisotopic (exact) mass is 785 g/mol. The number of rotatable bonds is 20. The Kier molecular flexibility index (Phi) is 16.2. The first-order valence-corrected chi connectivity index (χ1v) is 21.8. The maximum atomic E-state index is 13.1. The molecule has 3 aromatic carbocycles. The van der Waals surface area contributed by atoms with Gasteiger partial charge in [-0.3, -0.25) is 4.79 Å². The molecule has 0 saturated heterocycles. The Labute approximate surface area is 346 Å². The van der Waals surface area contributed by atoms with Gasteiger partial charge in [-0.15, -0.1) is 0 Å². The van der Waals surface area contributed by atoms with Crippen molar-refractivity contribution in [2.75, 3.05) is 28.4 Å². The molecular formula is C51H76O6. The number of aliphatic hydroxyl groups is 1. The van der Waals surface area contributed by atoms with Gasteiger partial charge >= 0.3 is 0 Å². The van der Waals surface area contributed by atoms with E-state index in [4.69, 9.17) is 18.9 Å². The third-order valence-electron chi connectivity index (χ3n) is 13.7. The number of unbranched alkanes of at least 4 members (excludes halogenated alkanes) is 5. The van der Waals surface area contributed by atoms with Gasteiger partial charge in [0.05, 0.1) is 34.5 Å². The fraction of sp³-hybridized carbons (Fsp3) is 0.627. The number of aliphatic hydroxyl groups excluding tert-OH is 1. The summed E-state index contributed by atoms with van der Waals surface area (Å²) in [5.74, 6) is 4.28. The van der Waals surface area contributed by atoms with Crippen LogP contribution in [0.2, 0.25) is 0 Å². The van der Waals surface area contributed by atoms with E-state index in [0.717, 1.165) is 116 Å². The first kappa shape index (κ1) is 46.2. The number of carbonyl (C=O) groups excluding carboxylic acids is 1. The molecule has 1 aliphatic carbocycles. The summed E-state index contributed by atoms with van der Waals surface area (Å²) in [7, 11) is 6.94. The Bertz CT molecular complexity index is 1920. The topological polar surface area (TPSA) is 74.2 Å². The second-order valence-corrected chi connectivity index (χ2v) is 17.9. The van der Waals surface area contributed by atoms with Gasteiger partial charge in [0.2, 0.25) is 0 Å². The van der Waals surface area contributed by atoms with Gasteiger partial charge in [0.25, 0.3) is 0 Å². The van der Waals surface area contributed by atoms with Crippen LogP contribution >= 0.6 is 0 Å². The fourth-order valence-corrected chi connectivity index (χ4v) is 10.6. The number of carbonyl (C=O) groups is 1. The van der Waals surface area contributed by atoms with Crippen molar-refractivity contribution in [2.45, 2.75) is 165 Å². The van der Waals surface area contributed by atoms with Crippen LogP contribution in [0.1, 0.15) is 148 Å². The van der Waals surface area contributed by atoms with Crippen LogP contribution < -0.4 is 18.9 Å². The molecule has 0 heterocycles. The molecule has 0 amide bonds. The van der Waals surface area contributed by atoms with Gasteiger partial charge in [-0.05, 0) is 153 Å². The summed E-state index contributed by atoms with van der Waals surface area (Å²) in [6, 6.07) is 0. The number of aryl methyl sites for hydroxylation is 3. The van der Waals surface area contributed by atoms with Crippen molar-refractivity contribution < 1.29 is 28.8 Å². The first-order valence-electron chi connectivity index (χ1n) is 21.8. The molecule has 0 aromatic heterocycles. The second-order valence-electron chi connectivity index (χ2n) is 17.9. The highest BCUT2D eigenvalue weighted by molar-refractivity contribution is 5.99. The van der Waals surface area contributed by atoms with Gasteiger partial charge in [-0.25, -0.2) is 0 Å². The van der Waals surface area contributed by atoms with Gasteiger partial charge in [0.1, 0.15) is 5.78 Å². The molecule has 0 radical (unpaired) electrons. The Hall–Kier alpha value is -3.51. The fourth-order valence-electron chi connectivity index (χ4n) is 10.6. The quantitative estimate of drug-likeness (QED) is 0.0908. The number of methoxy groups -OCH3 is 4. The number of ether oxygens (including phenoxy) is 4. The van der Waals surface area contributed by atoms with Crippen LogP contribution in [0, 0.1) is 66.2 Å². The molecule has 0 spiro atoms. The predicted octanol–water partition coefficient (Wildman–Crippen LogP) is 12.4. The van der Waals surface area contributed by atoms with Crippen LogP contribution in [0.4, 0.5) is 0 Å². The van der Waals surface area contributed by atoms with E-state index in [0.29, 0.717) is 18.1 Å². The van der Waals surface area contributed by atoms with Crippen LogP contribution in [-0.4, -0.2) is 45.4 Å². The zero-order valence-corrected chi connectivity index (χ0v) is 38.4. The Morgan fingerprint density at radius 1 is 0.684 bits per heavy atom. The van der Waals surface area contributed by atoms with Gasteiger partial charge in [-0.2, -0.15) is 0 Å². The summed E-state index contributed by atoms with van der Waals surface area (Å²) in [5, 5.41) is 13.1. The largest absolute Gasteiger partial charge is 0.493 e. The lowest BCUT2D eigenvalue weighted by atomic mass is 9.71. The van der Waals surface area contributed by atoms with E-state index in [1.807, 2.05) is 6.08 Å². The average Bonchev–Trinajstić information content (AvgIpc) is 3.44. The SMILES string of the molecule is CCCCCC(O)/C=C/C1C(C)CC(=O)C1CCCCCCc1c(C)c(C)c2c(C)c(OC)c(OC)c(C)c2c1CC(C)(C)c1c(C)c(C)c(OC)c(OC)c1C. The summed E-state index contributed by atoms with van der Waals surface area (Å²) in [4.78, 5) is 13.1. The van der Waals surface area contributed by atoms with Crippen molar-refractivity contribution in [1.82, 2.24) is 0 Å². The lowest BCUT2D eigenvalue weighted by Gasteiger charge is -2.34. The third-order valence-corrected chi connectivity index (χ3v) is 13.7. The zero-order valence-electron chi connectivity index (χ0n) is 38.4. The molecule has 3 aromatic rings. The molecule has 4 atom stereocenters. The van der Waals surface area contributed by atoms with Crippen LogP contribution in [0.15, 0.2) is 12.2 Å². The lowest BCUT2D eigenvalue weighted by Crippen LogP contribution is -2.26. The van der Waals surface area contributed by atoms with Crippen LogP contribution in [0.3, 0.4) is 0 Å². The molecule has 1 fully saturated rings. The normalized spacial score (nSPS) is 17.9. The smallest absolute Gasteiger partial charge is 0.164 e. The molecule has 1 aliphatic rings. The predicted molar refractivity (Wildman–Crippen MR) is 238 cm³/mol. The van der Waals surface area contributed by atoms with Gasteiger partial charge in [-0.1, -0.05) is 78.4 Å². The molecule has 4 unspecified atom stereocenters. The molecule has 6 heteroatoms. The summed E-state index contributed by atoms with van der Waals surface area (Å²) < 4.78 is 23.9. The van der Waals surface area contributed by atoms with E-state index in [1.165, 1.54) is 44.2 Å². The van der Waals surface area contributed by atoms with Crippen LogP contribution in [-0.2, 0) is 23.1 Å². The zero-order chi connectivity index (χ0) is 42.4. The van der Waals surface area contributed by atoms with E-state index in [2.05, 4.69) is 82.2 Å². The van der Waals surface area contributed by atoms with Gasteiger partial charge < -0.3 is 24.1 Å². The number of hydrogen-bond acceptors (Lipinski definition) is 6. The van der Waals surface area contributed by atoms with Crippen molar-refractivity contribution in [3.05, 3.63) is 67.8 Å². The molecule has 1 saturated carbocycles. The van der Waals surface area contributed by atoms with Crippen molar-refractivity contribution in [3.63, 3.8) is 0 Å². The van der Waals surface area contributed by atoms with Gasteiger partial charge in [0.15, 0.2) is 23.0 Å². The standard InChI is InChI=1S/C51H76O6/c1-16-17-20-23-38(52)26-27-39-30(2)28-43(53)41(39)25-22-19-18-21-24-40-31(3)32(4)44-35(7)48(55-13)49(56-14)36(8)45(44)42(40)29-51(10,11)46-33(5)34(6)47(54-12)50(57-15)37(46)9/h26-27,30,38-39,41,52H,16-25,28-29H2,1-15H3/b27-26+. The lowest BCUT2D eigenvalue weighted by molar-refractivity contribution is -0.121. The van der Waals surface area contributed by atoms with Crippen LogP contribution in [0.25, 0.3) is 10.8 Å². The van der Waals surface area contributed by atoms with E-state index in [1.54, 1.807) is 28.4 Å². The van der Waals surface area contributed by atoms with Gasteiger partial charge in [0, 0.05) is 23.5 Å². The molecule has 4 rings (SSSR count). The Balaban J connectivity index is 1.67. The minimum atomic E-state index is -0.412. The molecule has 316 valence electrons. The Morgan fingerprint density at radius 2 is 1.25 bits per heavy atom. The van der Waals surface area contributed by atoms with Crippen LogP contribution in [0.5, 0.6) is 23.0 Å². The maximum Gasteiger partial charge on any atom is 0.164 e. The van der Waals surface area contributed by atoms with Crippen molar-refractivity contribution in [1.29, 1.82) is 0 Å². The number of Topliss-reactive ketones (excluding diaryl/α,β-unsaturated/α-hetero) is 1. The highest BCUT2D eigenvalue weighted by Gasteiger charge is 2.38. The van der Waals surface area contributed by atoms with E-state index in [9.17, 15) is 9.90 Å². The summed E-state index contributed by atoms with van der Waals surface area (Å²) in [5.41, 5.74) is 12.3. The minimum Gasteiger partial charge on any atom is -0.493 e. The summed E-state index contributed by atoms with van der Waals surface area (Å²) in [6.07, 6.45) is 15.6. The molecule has 0 aliphatic heterocycles. The number of ketones is 1. The molecule has 0 bridgehead atoms. The number of allylic oxidation sites excluding steroid dienone is 1. The summed E-state index contributed by atoms with van der Waals surface area (Å²) in [6.45, 7) is 24.6. The second kappa shape index (κ2) is 20.0. The summed E-state index contributed by atoms with van der Waals surface area (Å²) >= 11 is 0. The molecule has 57 heavy (non-hydrogen) atoms. The third kappa shape index (κ3) is 9.53. The number of fused-ring (bicyclic) bond motifs is 1. The molecule has 1 N–H and O–H groups in total. The number of hydrogen-bond donors (Lipinski definition) is 1. The van der Waals surface area contributed by atoms with E-state index >= 15 is 0 Å². The van der Waals surface area contributed by atoms with Crippen molar-refractivity contribution in [3.8, 4) is 23.0 Å². The molecule has 6 nitrogen and oxygen atoms in total. The minimum absolute atomic E-state index is 0.0728. The maximum absolute atomic E-state index is 13.1. The number of benzene rings is 3. The van der Waals surface area contributed by atoms with E-state index in [-0.39, 0.29) is 17.3 Å². The highest BCUT2D eigenvalue weighted by atomic mass is 16.5.